The lowest BCUT2D eigenvalue weighted by molar-refractivity contribution is 0.384. The van der Waals surface area contributed by atoms with Crippen LogP contribution in [-0.4, -0.2) is 46.5 Å². The highest BCUT2D eigenvalue weighted by Crippen LogP contribution is 2.27. The minimum absolute atomic E-state index is 0. The first kappa shape index (κ1) is 18.2. The number of nitrogens with one attached hydrogen (secondary N) is 1. The molecule has 1 aliphatic rings. The Hall–Kier alpha value is -0.890. The first-order valence-electron chi connectivity index (χ1n) is 6.47. The van der Waals surface area contributed by atoms with E-state index in [1.165, 1.54) is 23.5 Å². The molecule has 1 aromatic carbocycles. The molecule has 0 aliphatic carbocycles. The maximum absolute atomic E-state index is 13.4. The minimum Gasteiger partial charge on any atom is -0.494 e. The first-order valence-corrected chi connectivity index (χ1v) is 7.91. The van der Waals surface area contributed by atoms with E-state index in [9.17, 15) is 12.8 Å². The van der Waals surface area contributed by atoms with Gasteiger partial charge in [-0.1, -0.05) is 0 Å². The van der Waals surface area contributed by atoms with Crippen LogP contribution >= 0.6 is 12.4 Å². The number of benzene rings is 1. The van der Waals surface area contributed by atoms with Crippen molar-refractivity contribution in [2.45, 2.75) is 11.3 Å². The molecule has 1 heterocycles. The normalized spacial score (nSPS) is 19.3. The molecule has 1 unspecified atom stereocenters. The maximum atomic E-state index is 13.4. The Bertz CT molecular complexity index is 583. The van der Waals surface area contributed by atoms with Crippen LogP contribution in [0, 0.1) is 11.7 Å². The SMILES string of the molecule is CNCC1CCN(S(=O)(=O)c2ccc(F)c(OC)c2)C1.Cl. The predicted molar refractivity (Wildman–Crippen MR) is 81.0 cm³/mol. The Morgan fingerprint density at radius 1 is 1.48 bits per heavy atom. The lowest BCUT2D eigenvalue weighted by atomic mass is 10.1. The highest BCUT2D eigenvalue weighted by Gasteiger charge is 2.32. The zero-order valence-corrected chi connectivity index (χ0v) is 13.6. The first-order chi connectivity index (χ1) is 9.48. The highest BCUT2D eigenvalue weighted by atomic mass is 35.5. The Morgan fingerprint density at radius 2 is 2.19 bits per heavy atom. The third-order valence-corrected chi connectivity index (χ3v) is 5.36. The average molecular weight is 339 g/mol. The molecule has 1 aromatic rings. The molecule has 1 N–H and O–H groups in total. The second-order valence-corrected chi connectivity index (χ2v) is 6.81. The van der Waals surface area contributed by atoms with Crippen LogP contribution in [0.15, 0.2) is 23.1 Å². The molecule has 0 amide bonds. The van der Waals surface area contributed by atoms with Crippen molar-refractivity contribution in [3.63, 3.8) is 0 Å². The largest absolute Gasteiger partial charge is 0.494 e. The van der Waals surface area contributed by atoms with E-state index in [0.717, 1.165) is 19.0 Å². The van der Waals surface area contributed by atoms with Crippen LogP contribution < -0.4 is 10.1 Å². The van der Waals surface area contributed by atoms with Gasteiger partial charge in [-0.25, -0.2) is 12.8 Å². The number of nitrogens with zero attached hydrogens (tertiary/aromatic N) is 1. The predicted octanol–water partition coefficient (Wildman–Crippen LogP) is 1.49. The van der Waals surface area contributed by atoms with Crippen molar-refractivity contribution in [1.29, 1.82) is 0 Å². The number of hydrogen-bond donors (Lipinski definition) is 1. The zero-order valence-electron chi connectivity index (χ0n) is 12.0. The number of halogens is 2. The van der Waals surface area contributed by atoms with E-state index in [2.05, 4.69) is 5.32 Å². The lowest BCUT2D eigenvalue weighted by Crippen LogP contribution is -2.30. The van der Waals surface area contributed by atoms with Crippen molar-refractivity contribution in [3.8, 4) is 5.75 Å². The second kappa shape index (κ2) is 7.40. The van der Waals surface area contributed by atoms with E-state index >= 15 is 0 Å². The van der Waals surface area contributed by atoms with Crippen molar-refractivity contribution in [3.05, 3.63) is 24.0 Å². The van der Waals surface area contributed by atoms with Gasteiger partial charge < -0.3 is 10.1 Å². The summed E-state index contributed by atoms with van der Waals surface area (Å²) in [4.78, 5) is 0.0702. The Morgan fingerprint density at radius 3 is 2.81 bits per heavy atom. The van der Waals surface area contributed by atoms with Gasteiger partial charge in [0.15, 0.2) is 11.6 Å². The van der Waals surface area contributed by atoms with Gasteiger partial charge in [-0.15, -0.1) is 12.4 Å². The lowest BCUT2D eigenvalue weighted by Gasteiger charge is -2.17. The van der Waals surface area contributed by atoms with Gasteiger partial charge in [0.05, 0.1) is 12.0 Å². The van der Waals surface area contributed by atoms with Crippen LogP contribution in [-0.2, 0) is 10.0 Å². The van der Waals surface area contributed by atoms with E-state index in [-0.39, 0.29) is 23.1 Å². The third-order valence-electron chi connectivity index (χ3n) is 3.50. The van der Waals surface area contributed by atoms with Crippen molar-refractivity contribution < 1.29 is 17.5 Å². The molecule has 21 heavy (non-hydrogen) atoms. The quantitative estimate of drug-likeness (QED) is 0.883. The number of sulfonamides is 1. The van der Waals surface area contributed by atoms with Crippen LogP contribution in [0.4, 0.5) is 4.39 Å². The van der Waals surface area contributed by atoms with Crippen molar-refractivity contribution in [1.82, 2.24) is 9.62 Å². The molecule has 5 nitrogen and oxygen atoms in total. The van der Waals surface area contributed by atoms with Crippen LogP contribution in [0.3, 0.4) is 0 Å². The molecule has 120 valence electrons. The summed E-state index contributed by atoms with van der Waals surface area (Å²) in [7, 11) is -0.418. The topological polar surface area (TPSA) is 58.6 Å². The summed E-state index contributed by atoms with van der Waals surface area (Å²) < 4.78 is 44.6. The van der Waals surface area contributed by atoms with E-state index in [0.29, 0.717) is 19.0 Å². The van der Waals surface area contributed by atoms with Gasteiger partial charge in [-0.2, -0.15) is 4.31 Å². The molecule has 0 saturated carbocycles. The fourth-order valence-corrected chi connectivity index (χ4v) is 3.97. The monoisotopic (exact) mass is 338 g/mol. The van der Waals surface area contributed by atoms with Crippen LogP contribution in [0.25, 0.3) is 0 Å². The minimum atomic E-state index is -3.58. The molecule has 0 radical (unpaired) electrons. The fraction of sp³-hybridized carbons (Fsp3) is 0.538. The van der Waals surface area contributed by atoms with Crippen LogP contribution in [0.5, 0.6) is 5.75 Å². The number of hydrogen-bond acceptors (Lipinski definition) is 4. The Kier molecular flexibility index (Phi) is 6.40. The standard InChI is InChI=1S/C13H19FN2O3S.ClH/c1-15-8-10-5-6-16(9-10)20(17,18)11-3-4-12(14)13(7-11)19-2;/h3-4,7,10,15H,5-6,8-9H2,1-2H3;1H. The van der Waals surface area contributed by atoms with Gasteiger partial charge in [0.1, 0.15) is 0 Å². The summed E-state index contributed by atoms with van der Waals surface area (Å²) in [5, 5.41) is 3.06. The average Bonchev–Trinajstić information content (AvgIpc) is 2.89. The van der Waals surface area contributed by atoms with Gasteiger partial charge >= 0.3 is 0 Å². The second-order valence-electron chi connectivity index (χ2n) is 4.87. The number of rotatable bonds is 5. The molecule has 1 atom stereocenters. The fourth-order valence-electron chi connectivity index (χ4n) is 2.42. The maximum Gasteiger partial charge on any atom is 0.243 e. The van der Waals surface area contributed by atoms with Crippen molar-refractivity contribution in [2.75, 3.05) is 33.8 Å². The van der Waals surface area contributed by atoms with Gasteiger partial charge in [0.25, 0.3) is 0 Å². The molecule has 8 heteroatoms. The van der Waals surface area contributed by atoms with Gasteiger partial charge in [0.2, 0.25) is 10.0 Å². The summed E-state index contributed by atoms with van der Waals surface area (Å²) in [6.45, 7) is 1.77. The smallest absolute Gasteiger partial charge is 0.243 e. The molecular weight excluding hydrogens is 319 g/mol. The van der Waals surface area contributed by atoms with Crippen LogP contribution in [0.1, 0.15) is 6.42 Å². The summed E-state index contributed by atoms with van der Waals surface area (Å²) in [5.74, 6) is -0.310. The number of ether oxygens (including phenoxy) is 1. The van der Waals surface area contributed by atoms with Crippen molar-refractivity contribution in [2.24, 2.45) is 5.92 Å². The van der Waals surface area contributed by atoms with Crippen molar-refractivity contribution >= 4 is 22.4 Å². The molecule has 0 spiro atoms. The summed E-state index contributed by atoms with van der Waals surface area (Å²) in [5.41, 5.74) is 0. The molecule has 1 saturated heterocycles. The van der Waals surface area contributed by atoms with E-state index in [1.54, 1.807) is 0 Å². The third kappa shape index (κ3) is 3.85. The molecule has 0 bridgehead atoms. The molecule has 1 fully saturated rings. The van der Waals surface area contributed by atoms with Crippen LogP contribution in [0.2, 0.25) is 0 Å². The molecule has 2 rings (SSSR count). The molecule has 1 aliphatic heterocycles. The molecular formula is C13H20ClFN2O3S. The van der Waals surface area contributed by atoms with E-state index in [4.69, 9.17) is 4.74 Å². The van der Waals surface area contributed by atoms with E-state index < -0.39 is 15.8 Å². The van der Waals surface area contributed by atoms with Gasteiger partial charge in [0, 0.05) is 19.2 Å². The highest BCUT2D eigenvalue weighted by molar-refractivity contribution is 7.89. The summed E-state index contributed by atoms with van der Waals surface area (Å²) in [6.07, 6.45) is 0.832. The summed E-state index contributed by atoms with van der Waals surface area (Å²) >= 11 is 0. The Balaban J connectivity index is 0.00000220. The van der Waals surface area contributed by atoms with Gasteiger partial charge in [-0.05, 0) is 38.1 Å². The zero-order chi connectivity index (χ0) is 14.8. The number of methoxy groups -OCH3 is 1. The summed E-state index contributed by atoms with van der Waals surface area (Å²) in [6, 6.07) is 3.63. The molecule has 0 aromatic heterocycles. The van der Waals surface area contributed by atoms with Gasteiger partial charge in [-0.3, -0.25) is 0 Å². The van der Waals surface area contributed by atoms with E-state index in [1.807, 2.05) is 7.05 Å². The Labute approximate surface area is 130 Å².